The van der Waals surface area contributed by atoms with E-state index < -0.39 is 0 Å². The zero-order chi connectivity index (χ0) is 17.6. The van der Waals surface area contributed by atoms with Gasteiger partial charge in [0.2, 0.25) is 0 Å². The average molecular weight is 326 g/mol. The maximum atomic E-state index is 4.33. The van der Waals surface area contributed by atoms with E-state index in [1.165, 1.54) is 39.0 Å². The summed E-state index contributed by atoms with van der Waals surface area (Å²) in [5.41, 5.74) is 9.27. The van der Waals surface area contributed by atoms with Crippen molar-refractivity contribution in [3.8, 4) is 0 Å². The molecular weight excluding hydrogens is 300 g/mol. The molecule has 3 aromatic rings. The van der Waals surface area contributed by atoms with E-state index in [-0.39, 0.29) is 0 Å². The Morgan fingerprint density at radius 3 is 2.20 bits per heavy atom. The van der Waals surface area contributed by atoms with Crippen molar-refractivity contribution in [1.29, 1.82) is 0 Å². The fraction of sp³-hybridized carbons (Fsp3) is 0.200. The zero-order valence-electron chi connectivity index (χ0n) is 15.3. The normalized spacial score (nSPS) is 10.6. The molecule has 0 saturated carbocycles. The molecule has 0 saturated heterocycles. The Morgan fingerprint density at radius 1 is 0.760 bits per heavy atom. The quantitative estimate of drug-likeness (QED) is 0.482. The molecule has 0 atom stereocenters. The van der Waals surface area contributed by atoms with Gasteiger partial charge in [0, 0.05) is 0 Å². The van der Waals surface area contributed by atoms with Gasteiger partial charge in [0.25, 0.3) is 0 Å². The van der Waals surface area contributed by atoms with Gasteiger partial charge in [-0.3, -0.25) is 0 Å². The van der Waals surface area contributed by atoms with Gasteiger partial charge in [-0.1, -0.05) is 84.9 Å². The van der Waals surface area contributed by atoms with Gasteiger partial charge in [-0.2, -0.15) is 0 Å². The standard InChI is InChI=1S/C25H26/c1-19-8-7-11-23(16-19)18-24-14-15-25(21(3)17-24)20(2)12-13-22-9-5-4-6-10-22/h4-11,14-17H,2,12-13,18H2,1,3H3. The summed E-state index contributed by atoms with van der Waals surface area (Å²) < 4.78 is 0. The molecular formula is C25H26. The lowest BCUT2D eigenvalue weighted by Crippen LogP contribution is -1.95. The molecule has 0 heterocycles. The van der Waals surface area contributed by atoms with Crippen LogP contribution in [0.2, 0.25) is 0 Å². The molecule has 0 heteroatoms. The van der Waals surface area contributed by atoms with Crippen molar-refractivity contribution in [3.63, 3.8) is 0 Å². The van der Waals surface area contributed by atoms with E-state index in [9.17, 15) is 0 Å². The van der Waals surface area contributed by atoms with Gasteiger partial charge >= 0.3 is 0 Å². The Kier molecular flexibility index (Phi) is 5.50. The largest absolute Gasteiger partial charge is 0.0952 e. The number of benzene rings is 3. The van der Waals surface area contributed by atoms with Crippen LogP contribution in [0.1, 0.15) is 39.8 Å². The van der Waals surface area contributed by atoms with E-state index in [1.54, 1.807) is 0 Å². The Bertz CT molecular complexity index is 856. The highest BCUT2D eigenvalue weighted by Crippen LogP contribution is 2.24. The summed E-state index contributed by atoms with van der Waals surface area (Å²) in [6.45, 7) is 8.67. The molecule has 0 radical (unpaired) electrons. The molecule has 3 aromatic carbocycles. The Labute approximate surface area is 151 Å². The number of hydrogen-bond acceptors (Lipinski definition) is 0. The van der Waals surface area contributed by atoms with Gasteiger partial charge in [0.05, 0.1) is 0 Å². The monoisotopic (exact) mass is 326 g/mol. The molecule has 0 nitrogen and oxygen atoms in total. The topological polar surface area (TPSA) is 0 Å². The highest BCUT2D eigenvalue weighted by molar-refractivity contribution is 5.66. The van der Waals surface area contributed by atoms with Crippen molar-refractivity contribution in [1.82, 2.24) is 0 Å². The predicted molar refractivity (Wildman–Crippen MR) is 109 cm³/mol. The SMILES string of the molecule is C=C(CCc1ccccc1)c1ccc(Cc2cccc(C)c2)cc1C. The first-order valence-electron chi connectivity index (χ1n) is 8.99. The van der Waals surface area contributed by atoms with Crippen LogP contribution in [0.15, 0.2) is 79.4 Å². The molecule has 126 valence electrons. The summed E-state index contributed by atoms with van der Waals surface area (Å²) >= 11 is 0. The first kappa shape index (κ1) is 17.2. The third-order valence-electron chi connectivity index (χ3n) is 4.72. The molecule has 0 aromatic heterocycles. The molecule has 0 unspecified atom stereocenters. The fourth-order valence-electron chi connectivity index (χ4n) is 3.36. The summed E-state index contributed by atoms with van der Waals surface area (Å²) in [4.78, 5) is 0. The zero-order valence-corrected chi connectivity index (χ0v) is 15.3. The second-order valence-electron chi connectivity index (χ2n) is 6.90. The van der Waals surface area contributed by atoms with E-state index in [0.717, 1.165) is 19.3 Å². The lowest BCUT2D eigenvalue weighted by atomic mass is 9.93. The van der Waals surface area contributed by atoms with Crippen LogP contribution in [-0.4, -0.2) is 0 Å². The highest BCUT2D eigenvalue weighted by atomic mass is 14.1. The van der Waals surface area contributed by atoms with Crippen molar-refractivity contribution in [2.75, 3.05) is 0 Å². The van der Waals surface area contributed by atoms with E-state index in [4.69, 9.17) is 0 Å². The van der Waals surface area contributed by atoms with Crippen molar-refractivity contribution in [2.24, 2.45) is 0 Å². The first-order chi connectivity index (χ1) is 12.1. The second kappa shape index (κ2) is 7.98. The first-order valence-corrected chi connectivity index (χ1v) is 8.99. The lowest BCUT2D eigenvalue weighted by Gasteiger charge is -2.12. The minimum Gasteiger partial charge on any atom is -0.0952 e. The molecule has 0 aliphatic rings. The van der Waals surface area contributed by atoms with Crippen molar-refractivity contribution in [2.45, 2.75) is 33.1 Å². The third kappa shape index (κ3) is 4.70. The molecule has 25 heavy (non-hydrogen) atoms. The second-order valence-corrected chi connectivity index (χ2v) is 6.90. The Morgan fingerprint density at radius 2 is 1.48 bits per heavy atom. The number of allylic oxidation sites excluding steroid dienone is 1. The molecule has 0 amide bonds. The van der Waals surface area contributed by atoms with Crippen LogP contribution in [0.5, 0.6) is 0 Å². The van der Waals surface area contributed by atoms with E-state index >= 15 is 0 Å². The summed E-state index contributed by atoms with van der Waals surface area (Å²) in [6, 6.07) is 26.2. The van der Waals surface area contributed by atoms with Crippen LogP contribution in [0.25, 0.3) is 5.57 Å². The summed E-state index contributed by atoms with van der Waals surface area (Å²) in [6.07, 6.45) is 3.03. The molecule has 0 fully saturated rings. The predicted octanol–water partition coefficient (Wildman–Crippen LogP) is 6.54. The number of hydrogen-bond donors (Lipinski definition) is 0. The van der Waals surface area contributed by atoms with Gasteiger partial charge in [0.15, 0.2) is 0 Å². The van der Waals surface area contributed by atoms with Crippen molar-refractivity contribution >= 4 is 5.57 Å². The van der Waals surface area contributed by atoms with Crippen LogP contribution < -0.4 is 0 Å². The van der Waals surface area contributed by atoms with E-state index in [2.05, 4.69) is 93.2 Å². The molecule has 0 aliphatic carbocycles. The maximum absolute atomic E-state index is 4.33. The van der Waals surface area contributed by atoms with Crippen LogP contribution in [0, 0.1) is 13.8 Å². The van der Waals surface area contributed by atoms with Crippen LogP contribution in [-0.2, 0) is 12.8 Å². The highest BCUT2D eigenvalue weighted by Gasteiger charge is 2.06. The van der Waals surface area contributed by atoms with Crippen molar-refractivity contribution < 1.29 is 0 Å². The number of aryl methyl sites for hydroxylation is 3. The van der Waals surface area contributed by atoms with Gasteiger partial charge in [-0.05, 0) is 66.5 Å². The van der Waals surface area contributed by atoms with Gasteiger partial charge in [-0.15, -0.1) is 0 Å². The Hall–Kier alpha value is -2.60. The van der Waals surface area contributed by atoms with Crippen LogP contribution in [0.3, 0.4) is 0 Å². The fourth-order valence-corrected chi connectivity index (χ4v) is 3.36. The van der Waals surface area contributed by atoms with E-state index in [0.29, 0.717) is 0 Å². The van der Waals surface area contributed by atoms with Gasteiger partial charge in [-0.25, -0.2) is 0 Å². The minimum absolute atomic E-state index is 0.985. The van der Waals surface area contributed by atoms with Crippen LogP contribution in [0.4, 0.5) is 0 Å². The molecule has 0 spiro atoms. The molecule has 0 bridgehead atoms. The van der Waals surface area contributed by atoms with Crippen molar-refractivity contribution in [3.05, 3.63) is 113 Å². The van der Waals surface area contributed by atoms with Crippen LogP contribution >= 0.6 is 0 Å². The third-order valence-corrected chi connectivity index (χ3v) is 4.72. The number of rotatable bonds is 6. The lowest BCUT2D eigenvalue weighted by molar-refractivity contribution is 1.02. The molecule has 0 aliphatic heterocycles. The average Bonchev–Trinajstić information content (AvgIpc) is 2.61. The van der Waals surface area contributed by atoms with Gasteiger partial charge in [0.1, 0.15) is 0 Å². The van der Waals surface area contributed by atoms with E-state index in [1.807, 2.05) is 0 Å². The van der Waals surface area contributed by atoms with Gasteiger partial charge < -0.3 is 0 Å². The minimum atomic E-state index is 0.985. The smallest absolute Gasteiger partial charge is 0.00256 e. The molecule has 0 N–H and O–H groups in total. The maximum Gasteiger partial charge on any atom is -0.00256 e. The molecule has 3 rings (SSSR count). The summed E-state index contributed by atoms with van der Waals surface area (Å²) in [7, 11) is 0. The summed E-state index contributed by atoms with van der Waals surface area (Å²) in [5.74, 6) is 0. The Balaban J connectivity index is 1.67. The summed E-state index contributed by atoms with van der Waals surface area (Å²) in [5, 5.41) is 0.